The van der Waals surface area contributed by atoms with Crippen LogP contribution in [0.3, 0.4) is 0 Å². The molecule has 0 unspecified atom stereocenters. The first-order valence-corrected chi connectivity index (χ1v) is 14.6. The largest absolute Gasteiger partial charge is 0.292 e. The smallest absolute Gasteiger partial charge is 0.146 e. The van der Waals surface area contributed by atoms with Crippen LogP contribution in [-0.4, -0.2) is 18.8 Å². The summed E-state index contributed by atoms with van der Waals surface area (Å²) < 4.78 is 4.63. The SMILES string of the molecule is C=C/C=C\c1c(C)c2ccc(-c3ccc4c5ccccc5c5nc6ccccc6n5c4c3)cc2n2c1nc1ccccc12. The van der Waals surface area contributed by atoms with Crippen molar-refractivity contribution in [2.24, 2.45) is 0 Å². The van der Waals surface area contributed by atoms with Gasteiger partial charge in [-0.15, -0.1) is 0 Å². The lowest BCUT2D eigenvalue weighted by Gasteiger charge is -2.14. The number of para-hydroxylation sites is 4. The van der Waals surface area contributed by atoms with Crippen LogP contribution in [0, 0.1) is 6.92 Å². The van der Waals surface area contributed by atoms with Crippen molar-refractivity contribution >= 4 is 72.0 Å². The summed E-state index contributed by atoms with van der Waals surface area (Å²) in [5.41, 5.74) is 13.1. The summed E-state index contributed by atoms with van der Waals surface area (Å²) in [6, 6.07) is 39.0. The maximum atomic E-state index is 5.08. The summed E-state index contributed by atoms with van der Waals surface area (Å²) in [4.78, 5) is 10.1. The van der Waals surface area contributed by atoms with E-state index in [0.29, 0.717) is 0 Å². The molecule has 9 rings (SSSR count). The molecule has 4 aromatic heterocycles. The van der Waals surface area contributed by atoms with Crippen LogP contribution in [-0.2, 0) is 0 Å². The highest BCUT2D eigenvalue weighted by Crippen LogP contribution is 2.37. The molecule has 0 radical (unpaired) electrons. The molecule has 9 aromatic rings. The van der Waals surface area contributed by atoms with E-state index in [9.17, 15) is 0 Å². The van der Waals surface area contributed by atoms with Gasteiger partial charge in [0.2, 0.25) is 0 Å². The van der Waals surface area contributed by atoms with E-state index < -0.39 is 0 Å². The van der Waals surface area contributed by atoms with Crippen LogP contribution in [0.5, 0.6) is 0 Å². The number of benzene rings is 5. The number of rotatable bonds is 3. The van der Waals surface area contributed by atoms with Crippen molar-refractivity contribution in [3.05, 3.63) is 139 Å². The molecule has 0 saturated carbocycles. The van der Waals surface area contributed by atoms with Gasteiger partial charge >= 0.3 is 0 Å². The summed E-state index contributed by atoms with van der Waals surface area (Å²) in [7, 11) is 0. The van der Waals surface area contributed by atoms with Crippen LogP contribution in [0.2, 0.25) is 0 Å². The molecular weight excluding hydrogens is 524 g/mol. The molecule has 0 aliphatic rings. The second kappa shape index (κ2) is 8.88. The van der Waals surface area contributed by atoms with Crippen molar-refractivity contribution in [1.29, 1.82) is 0 Å². The molecule has 0 N–H and O–H groups in total. The van der Waals surface area contributed by atoms with Crippen LogP contribution in [0.25, 0.3) is 83.1 Å². The molecule has 43 heavy (non-hydrogen) atoms. The van der Waals surface area contributed by atoms with Crippen LogP contribution in [0.4, 0.5) is 0 Å². The van der Waals surface area contributed by atoms with E-state index in [1.807, 2.05) is 18.2 Å². The molecule has 4 heterocycles. The summed E-state index contributed by atoms with van der Waals surface area (Å²) in [5, 5.41) is 4.80. The molecule has 0 saturated heterocycles. The summed E-state index contributed by atoms with van der Waals surface area (Å²) in [6.45, 7) is 6.07. The van der Waals surface area contributed by atoms with Crippen molar-refractivity contribution < 1.29 is 0 Å². The minimum absolute atomic E-state index is 0.957. The zero-order valence-electron chi connectivity index (χ0n) is 23.6. The maximum Gasteiger partial charge on any atom is 0.146 e. The predicted molar refractivity (Wildman–Crippen MR) is 181 cm³/mol. The molecule has 0 bridgehead atoms. The first kappa shape index (κ1) is 23.9. The van der Waals surface area contributed by atoms with Gasteiger partial charge < -0.3 is 0 Å². The highest BCUT2D eigenvalue weighted by atomic mass is 15.0. The van der Waals surface area contributed by atoms with Gasteiger partial charge in [0.05, 0.1) is 33.1 Å². The van der Waals surface area contributed by atoms with Crippen molar-refractivity contribution in [3.8, 4) is 11.1 Å². The van der Waals surface area contributed by atoms with Crippen LogP contribution in [0.15, 0.2) is 128 Å². The van der Waals surface area contributed by atoms with E-state index >= 15 is 0 Å². The lowest BCUT2D eigenvalue weighted by atomic mass is 9.97. The molecule has 0 aliphatic carbocycles. The number of imidazole rings is 2. The Morgan fingerprint density at radius 3 is 1.81 bits per heavy atom. The predicted octanol–water partition coefficient (Wildman–Crippen LogP) is 9.92. The third-order valence-electron chi connectivity index (χ3n) is 8.84. The number of hydrogen-bond donors (Lipinski definition) is 0. The van der Waals surface area contributed by atoms with Crippen molar-refractivity contribution in [3.63, 3.8) is 0 Å². The van der Waals surface area contributed by atoms with Gasteiger partial charge in [0, 0.05) is 21.7 Å². The highest BCUT2D eigenvalue weighted by Gasteiger charge is 2.17. The second-order valence-electron chi connectivity index (χ2n) is 11.2. The number of pyridine rings is 2. The molecule has 0 amide bonds. The second-order valence-corrected chi connectivity index (χ2v) is 11.2. The van der Waals surface area contributed by atoms with Crippen molar-refractivity contribution in [2.45, 2.75) is 6.92 Å². The average Bonchev–Trinajstić information content (AvgIpc) is 3.64. The fraction of sp³-hybridized carbons (Fsp3) is 0.0256. The van der Waals surface area contributed by atoms with Crippen molar-refractivity contribution in [2.75, 3.05) is 0 Å². The lowest BCUT2D eigenvalue weighted by molar-refractivity contribution is 1.27. The Morgan fingerprint density at radius 2 is 1.12 bits per heavy atom. The Kier molecular flexibility index (Phi) is 4.94. The molecular formula is C39H26N4. The standard InChI is InChI=1S/C39H26N4/c1-3-4-11-28-24(2)27-20-18-25(22-36(27)42-34-16-9-7-14-32(34)40-38(28)42)26-19-21-30-29-12-5-6-13-31(29)39-41-33-15-8-10-17-35(33)43(39)37(30)23-26/h3-23H,1H2,2H3/b11-4-. The zero-order valence-corrected chi connectivity index (χ0v) is 23.6. The molecule has 0 fully saturated rings. The third kappa shape index (κ3) is 3.32. The van der Waals surface area contributed by atoms with Gasteiger partial charge in [-0.25, -0.2) is 9.97 Å². The van der Waals surface area contributed by atoms with Gasteiger partial charge in [0.25, 0.3) is 0 Å². The van der Waals surface area contributed by atoms with Crippen LogP contribution >= 0.6 is 0 Å². The van der Waals surface area contributed by atoms with Crippen LogP contribution < -0.4 is 0 Å². The number of aromatic nitrogens is 4. The minimum Gasteiger partial charge on any atom is -0.292 e. The van der Waals surface area contributed by atoms with Crippen LogP contribution in [0.1, 0.15) is 11.1 Å². The topological polar surface area (TPSA) is 34.6 Å². The molecule has 4 nitrogen and oxygen atoms in total. The fourth-order valence-corrected chi connectivity index (χ4v) is 6.83. The zero-order chi connectivity index (χ0) is 28.7. The molecule has 4 heteroatoms. The number of aryl methyl sites for hydroxylation is 1. The molecule has 202 valence electrons. The Bertz CT molecular complexity index is 2650. The van der Waals surface area contributed by atoms with Gasteiger partial charge in [0.1, 0.15) is 11.3 Å². The maximum absolute atomic E-state index is 5.08. The Labute approximate surface area is 247 Å². The van der Waals surface area contributed by atoms with E-state index in [-0.39, 0.29) is 0 Å². The van der Waals surface area contributed by atoms with Crippen molar-refractivity contribution in [1.82, 2.24) is 18.8 Å². The number of hydrogen-bond acceptors (Lipinski definition) is 2. The van der Waals surface area contributed by atoms with Gasteiger partial charge in [0.15, 0.2) is 0 Å². The van der Waals surface area contributed by atoms with E-state index in [4.69, 9.17) is 9.97 Å². The summed E-state index contributed by atoms with van der Waals surface area (Å²) in [5.74, 6) is 0. The van der Waals surface area contributed by atoms with E-state index in [1.165, 1.54) is 21.7 Å². The summed E-state index contributed by atoms with van der Waals surface area (Å²) in [6.07, 6.45) is 5.92. The van der Waals surface area contributed by atoms with Gasteiger partial charge in [-0.3, -0.25) is 8.80 Å². The fourth-order valence-electron chi connectivity index (χ4n) is 6.83. The quantitative estimate of drug-likeness (QED) is 0.162. The average molecular weight is 551 g/mol. The Morgan fingerprint density at radius 1 is 0.558 bits per heavy atom. The minimum atomic E-state index is 0.957. The van der Waals surface area contributed by atoms with E-state index in [2.05, 4.69) is 132 Å². The normalized spacial score (nSPS) is 12.3. The highest BCUT2D eigenvalue weighted by molar-refractivity contribution is 6.14. The molecule has 0 spiro atoms. The number of nitrogens with zero attached hydrogens (tertiary/aromatic N) is 4. The van der Waals surface area contributed by atoms with E-state index in [1.54, 1.807) is 0 Å². The number of allylic oxidation sites excluding steroid dienone is 2. The molecule has 5 aromatic carbocycles. The van der Waals surface area contributed by atoms with Gasteiger partial charge in [-0.1, -0.05) is 97.6 Å². The van der Waals surface area contributed by atoms with Gasteiger partial charge in [-0.2, -0.15) is 0 Å². The Balaban J connectivity index is 1.37. The summed E-state index contributed by atoms with van der Waals surface area (Å²) >= 11 is 0. The molecule has 0 aliphatic heterocycles. The Hall–Kier alpha value is -5.74. The monoisotopic (exact) mass is 550 g/mol. The first-order valence-electron chi connectivity index (χ1n) is 14.6. The first-order chi connectivity index (χ1) is 21.2. The molecule has 0 atom stereocenters. The third-order valence-corrected chi connectivity index (χ3v) is 8.84. The van der Waals surface area contributed by atoms with E-state index in [0.717, 1.165) is 66.5 Å². The van der Waals surface area contributed by atoms with Gasteiger partial charge in [-0.05, 0) is 65.4 Å². The number of fused-ring (bicyclic) bond motifs is 13. The lowest BCUT2D eigenvalue weighted by Crippen LogP contribution is -1.97.